The summed E-state index contributed by atoms with van der Waals surface area (Å²) in [5.41, 5.74) is 5.85. The summed E-state index contributed by atoms with van der Waals surface area (Å²) >= 11 is 5.88. The van der Waals surface area contributed by atoms with E-state index < -0.39 is 12.2 Å². The third-order valence-corrected chi connectivity index (χ3v) is 2.71. The molecule has 0 bridgehead atoms. The van der Waals surface area contributed by atoms with Crippen LogP contribution < -0.4 is 5.73 Å². The van der Waals surface area contributed by atoms with Gasteiger partial charge in [0.2, 0.25) is 0 Å². The van der Waals surface area contributed by atoms with Crippen molar-refractivity contribution in [2.24, 2.45) is 5.73 Å². The molecule has 0 aromatic heterocycles. The molecule has 1 rings (SSSR count). The molecular weight excluding hydrogens is 239 g/mol. The number of halogens is 4. The molecule has 0 unspecified atom stereocenters. The zero-order valence-corrected chi connectivity index (χ0v) is 9.35. The molecule has 0 heterocycles. The zero-order chi connectivity index (χ0) is 12.2. The summed E-state index contributed by atoms with van der Waals surface area (Å²) in [7, 11) is 0. The lowest BCUT2D eigenvalue weighted by molar-refractivity contribution is -0.149. The average Bonchev–Trinajstić information content (AvgIpc) is 2.19. The number of nitrogens with two attached hydrogens (primary N) is 1. The molecule has 0 fully saturated rings. The Morgan fingerprint density at radius 2 is 1.88 bits per heavy atom. The Labute approximate surface area is 97.4 Å². The first-order valence-electron chi connectivity index (χ1n) is 4.97. The van der Waals surface area contributed by atoms with E-state index in [1.54, 1.807) is 18.2 Å². The lowest BCUT2D eigenvalue weighted by Crippen LogP contribution is -2.37. The lowest BCUT2D eigenvalue weighted by Gasteiger charge is -2.15. The van der Waals surface area contributed by atoms with E-state index in [1.807, 2.05) is 6.07 Å². The van der Waals surface area contributed by atoms with Crippen LogP contribution >= 0.6 is 11.6 Å². The molecule has 5 heteroatoms. The van der Waals surface area contributed by atoms with Crippen LogP contribution in [0.3, 0.4) is 0 Å². The summed E-state index contributed by atoms with van der Waals surface area (Å²) < 4.78 is 36.3. The van der Waals surface area contributed by atoms with Crippen LogP contribution in [-0.2, 0) is 6.42 Å². The van der Waals surface area contributed by atoms with Gasteiger partial charge in [0.1, 0.15) is 6.04 Å². The van der Waals surface area contributed by atoms with E-state index in [0.717, 1.165) is 5.56 Å². The molecule has 0 radical (unpaired) electrons. The van der Waals surface area contributed by atoms with Crippen LogP contribution in [0.5, 0.6) is 0 Å². The van der Waals surface area contributed by atoms with Crippen LogP contribution in [0.2, 0.25) is 5.02 Å². The van der Waals surface area contributed by atoms with Crippen LogP contribution in [0.15, 0.2) is 24.3 Å². The van der Waals surface area contributed by atoms with E-state index in [9.17, 15) is 13.2 Å². The second-order valence-electron chi connectivity index (χ2n) is 3.63. The summed E-state index contributed by atoms with van der Waals surface area (Å²) in [6.45, 7) is 0. The van der Waals surface area contributed by atoms with Crippen LogP contribution in [0.25, 0.3) is 0 Å². The smallest absolute Gasteiger partial charge is 0.320 e. The summed E-state index contributed by atoms with van der Waals surface area (Å²) in [5.74, 6) is 0. The van der Waals surface area contributed by atoms with Gasteiger partial charge < -0.3 is 5.73 Å². The van der Waals surface area contributed by atoms with Crippen molar-refractivity contribution in [2.75, 3.05) is 0 Å². The fourth-order valence-corrected chi connectivity index (χ4v) is 1.61. The molecule has 0 spiro atoms. The molecule has 1 nitrogen and oxygen atoms in total. The maximum atomic E-state index is 12.1. The van der Waals surface area contributed by atoms with Crippen molar-refractivity contribution in [2.45, 2.75) is 31.5 Å². The number of alkyl halides is 3. The minimum Gasteiger partial charge on any atom is -0.320 e. The summed E-state index contributed by atoms with van der Waals surface area (Å²) in [5, 5.41) is 0.586. The van der Waals surface area contributed by atoms with E-state index in [4.69, 9.17) is 17.3 Å². The van der Waals surface area contributed by atoms with Gasteiger partial charge in [0.15, 0.2) is 0 Å². The van der Waals surface area contributed by atoms with E-state index in [0.29, 0.717) is 17.9 Å². The van der Waals surface area contributed by atoms with Crippen LogP contribution in [-0.4, -0.2) is 12.2 Å². The normalized spacial score (nSPS) is 13.8. The summed E-state index contributed by atoms with van der Waals surface area (Å²) in [6.07, 6.45) is -3.48. The van der Waals surface area contributed by atoms with Gasteiger partial charge >= 0.3 is 6.18 Å². The van der Waals surface area contributed by atoms with Gasteiger partial charge in [-0.2, -0.15) is 13.2 Å². The van der Waals surface area contributed by atoms with Crippen molar-refractivity contribution < 1.29 is 13.2 Å². The van der Waals surface area contributed by atoms with Gasteiger partial charge in [-0.05, 0) is 30.9 Å². The van der Waals surface area contributed by atoms with E-state index in [2.05, 4.69) is 0 Å². The Kier molecular flexibility index (Phi) is 4.62. The van der Waals surface area contributed by atoms with Crippen molar-refractivity contribution >= 4 is 11.6 Å². The van der Waals surface area contributed by atoms with Crippen LogP contribution in [0.1, 0.15) is 18.4 Å². The molecule has 0 saturated heterocycles. The first kappa shape index (κ1) is 13.3. The second-order valence-corrected chi connectivity index (χ2v) is 4.04. The minimum atomic E-state index is -4.31. The third kappa shape index (κ3) is 4.02. The van der Waals surface area contributed by atoms with Crippen molar-refractivity contribution in [3.63, 3.8) is 0 Å². The Hall–Kier alpha value is -0.740. The molecule has 2 N–H and O–H groups in total. The van der Waals surface area contributed by atoms with Crippen LogP contribution in [0, 0.1) is 0 Å². The lowest BCUT2D eigenvalue weighted by atomic mass is 10.0. The van der Waals surface area contributed by atoms with Crippen molar-refractivity contribution in [1.82, 2.24) is 0 Å². The maximum absolute atomic E-state index is 12.1. The first-order valence-corrected chi connectivity index (χ1v) is 5.35. The van der Waals surface area contributed by atoms with E-state index in [1.165, 1.54) is 0 Å². The highest BCUT2D eigenvalue weighted by molar-refractivity contribution is 6.31. The van der Waals surface area contributed by atoms with E-state index >= 15 is 0 Å². The molecule has 16 heavy (non-hydrogen) atoms. The molecule has 1 aromatic carbocycles. The molecule has 90 valence electrons. The SMILES string of the molecule is N[C@@H](CCCc1ccccc1Cl)C(F)(F)F. The standard InChI is InChI=1S/C11H13ClF3N/c12-9-6-2-1-4-8(9)5-3-7-10(16)11(13,14)15/h1-2,4,6,10H,3,5,7,16H2/t10-/m0/s1. The van der Waals surface area contributed by atoms with Crippen molar-refractivity contribution in [1.29, 1.82) is 0 Å². The molecule has 0 saturated carbocycles. The average molecular weight is 252 g/mol. The molecule has 0 aliphatic carbocycles. The van der Waals surface area contributed by atoms with Gasteiger partial charge in [0, 0.05) is 5.02 Å². The number of aryl methyl sites for hydroxylation is 1. The first-order chi connectivity index (χ1) is 7.41. The fourth-order valence-electron chi connectivity index (χ4n) is 1.38. The maximum Gasteiger partial charge on any atom is 0.403 e. The molecule has 0 amide bonds. The van der Waals surface area contributed by atoms with Gasteiger partial charge in [-0.3, -0.25) is 0 Å². The number of benzene rings is 1. The Morgan fingerprint density at radius 3 is 2.44 bits per heavy atom. The van der Waals surface area contributed by atoms with E-state index in [-0.39, 0.29) is 6.42 Å². The van der Waals surface area contributed by atoms with Gasteiger partial charge in [-0.15, -0.1) is 0 Å². The van der Waals surface area contributed by atoms with Crippen molar-refractivity contribution in [3.8, 4) is 0 Å². The largest absolute Gasteiger partial charge is 0.403 e. The van der Waals surface area contributed by atoms with Crippen molar-refractivity contribution in [3.05, 3.63) is 34.9 Å². The monoisotopic (exact) mass is 251 g/mol. The Balaban J connectivity index is 2.40. The zero-order valence-electron chi connectivity index (χ0n) is 8.60. The minimum absolute atomic E-state index is 0.0747. The Bertz CT molecular complexity index is 338. The number of hydrogen-bond acceptors (Lipinski definition) is 1. The molecular formula is C11H13ClF3N. The predicted octanol–water partition coefficient (Wildman–Crippen LogP) is 3.55. The number of hydrogen-bond donors (Lipinski definition) is 1. The summed E-state index contributed by atoms with van der Waals surface area (Å²) in [6, 6.07) is 5.38. The van der Waals surface area contributed by atoms with Gasteiger partial charge in [-0.1, -0.05) is 29.8 Å². The molecule has 0 aliphatic heterocycles. The Morgan fingerprint density at radius 1 is 1.25 bits per heavy atom. The van der Waals surface area contributed by atoms with Crippen LogP contribution in [0.4, 0.5) is 13.2 Å². The van der Waals surface area contributed by atoms with Gasteiger partial charge in [-0.25, -0.2) is 0 Å². The van der Waals surface area contributed by atoms with Gasteiger partial charge in [0.05, 0.1) is 0 Å². The fraction of sp³-hybridized carbons (Fsp3) is 0.455. The molecule has 1 atom stereocenters. The highest BCUT2D eigenvalue weighted by atomic mass is 35.5. The molecule has 1 aromatic rings. The van der Waals surface area contributed by atoms with Gasteiger partial charge in [0.25, 0.3) is 0 Å². The second kappa shape index (κ2) is 5.55. The third-order valence-electron chi connectivity index (χ3n) is 2.34. The summed E-state index contributed by atoms with van der Waals surface area (Å²) in [4.78, 5) is 0. The molecule has 0 aliphatic rings. The topological polar surface area (TPSA) is 26.0 Å². The predicted molar refractivity (Wildman–Crippen MR) is 58.4 cm³/mol. The quantitative estimate of drug-likeness (QED) is 0.870. The number of rotatable bonds is 4. The highest BCUT2D eigenvalue weighted by Gasteiger charge is 2.35. The highest BCUT2D eigenvalue weighted by Crippen LogP contribution is 2.23.